The topological polar surface area (TPSA) is 30.5 Å². The molecule has 3 rings (SSSR count). The Kier molecular flexibility index (Phi) is 6.26. The van der Waals surface area contributed by atoms with Crippen LogP contribution in [-0.2, 0) is 13.2 Å². The molecule has 1 N–H and O–H groups in total. The Morgan fingerprint density at radius 2 is 1.73 bits per heavy atom. The Morgan fingerprint density at radius 3 is 2.50 bits per heavy atom. The van der Waals surface area contributed by atoms with Gasteiger partial charge in [0.2, 0.25) is 0 Å². The number of rotatable bonds is 7. The summed E-state index contributed by atoms with van der Waals surface area (Å²) in [5, 5.41) is 4.73. The van der Waals surface area contributed by atoms with Gasteiger partial charge in [-0.05, 0) is 42.0 Å². The predicted octanol–water partition coefficient (Wildman–Crippen LogP) is 6.19. The molecule has 3 nitrogen and oxygen atoms in total. The van der Waals surface area contributed by atoms with E-state index in [0.717, 1.165) is 16.8 Å². The van der Waals surface area contributed by atoms with Gasteiger partial charge in [-0.15, -0.1) is 0 Å². The first kappa shape index (κ1) is 18.4. The third-order valence-electron chi connectivity index (χ3n) is 3.89. The molecule has 3 aromatic carbocycles. The Bertz CT molecular complexity index is 883. The summed E-state index contributed by atoms with van der Waals surface area (Å²) in [6.07, 6.45) is 0. The van der Waals surface area contributed by atoms with Crippen molar-refractivity contribution in [1.29, 1.82) is 0 Å². The largest absolute Gasteiger partial charge is 0.493 e. The van der Waals surface area contributed by atoms with E-state index in [4.69, 9.17) is 32.7 Å². The summed E-state index contributed by atoms with van der Waals surface area (Å²) in [6, 6.07) is 21.1. The first-order valence-electron chi connectivity index (χ1n) is 8.18. The van der Waals surface area contributed by atoms with Crippen LogP contribution in [0.25, 0.3) is 0 Å². The van der Waals surface area contributed by atoms with Crippen molar-refractivity contribution in [3.63, 3.8) is 0 Å². The minimum Gasteiger partial charge on any atom is -0.493 e. The molecule has 0 saturated carbocycles. The molecular weight excluding hydrogens is 369 g/mol. The van der Waals surface area contributed by atoms with Crippen LogP contribution in [-0.4, -0.2) is 7.11 Å². The van der Waals surface area contributed by atoms with Crippen LogP contribution in [0.1, 0.15) is 11.1 Å². The predicted molar refractivity (Wildman–Crippen MR) is 108 cm³/mol. The number of methoxy groups -OCH3 is 1. The van der Waals surface area contributed by atoms with Crippen molar-refractivity contribution in [3.8, 4) is 11.5 Å². The highest BCUT2D eigenvalue weighted by Gasteiger charge is 2.08. The van der Waals surface area contributed by atoms with Gasteiger partial charge in [-0.2, -0.15) is 0 Å². The summed E-state index contributed by atoms with van der Waals surface area (Å²) in [4.78, 5) is 0. The third-order valence-corrected chi connectivity index (χ3v) is 4.49. The second-order valence-electron chi connectivity index (χ2n) is 5.73. The molecule has 3 aromatic rings. The molecule has 0 aliphatic heterocycles. The third kappa shape index (κ3) is 4.84. The van der Waals surface area contributed by atoms with E-state index >= 15 is 0 Å². The lowest BCUT2D eigenvalue weighted by molar-refractivity contribution is 0.284. The van der Waals surface area contributed by atoms with E-state index in [1.165, 1.54) is 0 Å². The molecule has 0 fully saturated rings. The van der Waals surface area contributed by atoms with Crippen LogP contribution in [0.5, 0.6) is 11.5 Å². The molecule has 0 unspecified atom stereocenters. The van der Waals surface area contributed by atoms with Gasteiger partial charge in [0.15, 0.2) is 11.5 Å². The number of benzene rings is 3. The maximum absolute atomic E-state index is 6.17. The molecule has 0 atom stereocenters. The fraction of sp³-hybridized carbons (Fsp3) is 0.143. The minimum absolute atomic E-state index is 0.385. The van der Waals surface area contributed by atoms with E-state index < -0.39 is 0 Å². The number of halogens is 2. The normalized spacial score (nSPS) is 10.4. The lowest BCUT2D eigenvalue weighted by Gasteiger charge is -2.13. The minimum atomic E-state index is 0.385. The molecular formula is C21H19Cl2NO2. The van der Waals surface area contributed by atoms with Crippen LogP contribution >= 0.6 is 23.2 Å². The molecule has 0 aliphatic rings. The van der Waals surface area contributed by atoms with Gasteiger partial charge in [-0.1, -0.05) is 53.5 Å². The van der Waals surface area contributed by atoms with Crippen LogP contribution in [0.15, 0.2) is 66.7 Å². The van der Waals surface area contributed by atoms with Crippen LogP contribution in [0, 0.1) is 0 Å². The molecule has 0 bridgehead atoms. The van der Waals surface area contributed by atoms with E-state index in [0.29, 0.717) is 34.7 Å². The average Bonchev–Trinajstić information content (AvgIpc) is 2.66. The first-order valence-corrected chi connectivity index (χ1v) is 8.94. The molecule has 0 spiro atoms. The van der Waals surface area contributed by atoms with E-state index in [9.17, 15) is 0 Å². The van der Waals surface area contributed by atoms with E-state index in [1.54, 1.807) is 7.11 Å². The lowest BCUT2D eigenvalue weighted by atomic mass is 10.2. The second kappa shape index (κ2) is 8.84. The Labute approximate surface area is 163 Å². The smallest absolute Gasteiger partial charge is 0.161 e. The summed E-state index contributed by atoms with van der Waals surface area (Å²) in [5.74, 6) is 1.36. The highest BCUT2D eigenvalue weighted by Crippen LogP contribution is 2.30. The lowest BCUT2D eigenvalue weighted by Crippen LogP contribution is -2.02. The zero-order valence-corrected chi connectivity index (χ0v) is 15.8. The van der Waals surface area contributed by atoms with Gasteiger partial charge in [0.05, 0.1) is 7.11 Å². The summed E-state index contributed by atoms with van der Waals surface area (Å²) < 4.78 is 11.4. The molecule has 0 amide bonds. The molecule has 0 heterocycles. The van der Waals surface area contributed by atoms with Gasteiger partial charge < -0.3 is 14.8 Å². The van der Waals surface area contributed by atoms with E-state index in [-0.39, 0.29) is 0 Å². The highest BCUT2D eigenvalue weighted by atomic mass is 35.5. The van der Waals surface area contributed by atoms with E-state index in [2.05, 4.69) is 5.32 Å². The standard InChI is InChI=1S/C21H19Cl2NO2/c1-25-21-11-15(13-24-18-7-4-6-17(22)12-18)9-10-20(21)26-14-16-5-2-3-8-19(16)23/h2-12,24H,13-14H2,1H3. The van der Waals surface area contributed by atoms with Gasteiger partial charge >= 0.3 is 0 Å². The summed E-state index contributed by atoms with van der Waals surface area (Å²) in [7, 11) is 1.63. The maximum atomic E-state index is 6.17. The SMILES string of the molecule is COc1cc(CNc2cccc(Cl)c2)ccc1OCc1ccccc1Cl. The molecule has 0 aromatic heterocycles. The Balaban J connectivity index is 1.66. The van der Waals surface area contributed by atoms with Crippen molar-refractivity contribution < 1.29 is 9.47 Å². The van der Waals surface area contributed by atoms with Gasteiger partial charge in [-0.3, -0.25) is 0 Å². The molecule has 134 valence electrons. The van der Waals surface area contributed by atoms with E-state index in [1.807, 2.05) is 66.7 Å². The summed E-state index contributed by atoms with van der Waals surface area (Å²) in [6.45, 7) is 1.04. The van der Waals surface area contributed by atoms with Crippen LogP contribution in [0.4, 0.5) is 5.69 Å². The fourth-order valence-corrected chi connectivity index (χ4v) is 2.90. The molecule has 0 saturated heterocycles. The quantitative estimate of drug-likeness (QED) is 0.523. The fourth-order valence-electron chi connectivity index (χ4n) is 2.51. The molecule has 0 radical (unpaired) electrons. The molecule has 0 aliphatic carbocycles. The second-order valence-corrected chi connectivity index (χ2v) is 6.57. The first-order chi connectivity index (χ1) is 12.7. The van der Waals surface area contributed by atoms with Gasteiger partial charge in [0.1, 0.15) is 6.61 Å². The Hall–Kier alpha value is -2.36. The maximum Gasteiger partial charge on any atom is 0.161 e. The van der Waals surface area contributed by atoms with Crippen molar-refractivity contribution >= 4 is 28.9 Å². The van der Waals surface area contributed by atoms with Crippen LogP contribution in [0.3, 0.4) is 0 Å². The van der Waals surface area contributed by atoms with Gasteiger partial charge in [0, 0.05) is 27.8 Å². The monoisotopic (exact) mass is 387 g/mol. The zero-order chi connectivity index (χ0) is 18.4. The van der Waals surface area contributed by atoms with Crippen molar-refractivity contribution in [1.82, 2.24) is 0 Å². The number of anilines is 1. The zero-order valence-electron chi connectivity index (χ0n) is 14.3. The Morgan fingerprint density at radius 1 is 0.885 bits per heavy atom. The number of nitrogens with one attached hydrogen (secondary N) is 1. The number of hydrogen-bond acceptors (Lipinski definition) is 3. The van der Waals surface area contributed by atoms with Crippen molar-refractivity contribution in [2.45, 2.75) is 13.2 Å². The van der Waals surface area contributed by atoms with Crippen molar-refractivity contribution in [2.75, 3.05) is 12.4 Å². The summed E-state index contributed by atoms with van der Waals surface area (Å²) >= 11 is 12.2. The van der Waals surface area contributed by atoms with Crippen molar-refractivity contribution in [2.24, 2.45) is 0 Å². The molecule has 5 heteroatoms. The summed E-state index contributed by atoms with van der Waals surface area (Å²) in [5.41, 5.74) is 2.98. The van der Waals surface area contributed by atoms with Gasteiger partial charge in [0.25, 0.3) is 0 Å². The number of hydrogen-bond donors (Lipinski definition) is 1. The van der Waals surface area contributed by atoms with Crippen molar-refractivity contribution in [3.05, 3.63) is 87.9 Å². The number of ether oxygens (including phenoxy) is 2. The van der Waals surface area contributed by atoms with Crippen LogP contribution < -0.4 is 14.8 Å². The van der Waals surface area contributed by atoms with Crippen LogP contribution in [0.2, 0.25) is 10.0 Å². The van der Waals surface area contributed by atoms with Gasteiger partial charge in [-0.25, -0.2) is 0 Å². The average molecular weight is 388 g/mol. The molecule has 26 heavy (non-hydrogen) atoms. The highest BCUT2D eigenvalue weighted by molar-refractivity contribution is 6.31.